The van der Waals surface area contributed by atoms with Crippen molar-refractivity contribution >= 4 is 38.4 Å². The highest BCUT2D eigenvalue weighted by Crippen LogP contribution is 2.28. The maximum Gasteiger partial charge on any atom is 0.281 e. The number of hydrogen-bond acceptors (Lipinski definition) is 3. The van der Waals surface area contributed by atoms with Gasteiger partial charge in [0.1, 0.15) is 0 Å². The van der Waals surface area contributed by atoms with Gasteiger partial charge < -0.3 is 4.90 Å². The van der Waals surface area contributed by atoms with Gasteiger partial charge >= 0.3 is 0 Å². The van der Waals surface area contributed by atoms with Gasteiger partial charge in [-0.2, -0.15) is 0 Å². The zero-order valence-corrected chi connectivity index (χ0v) is 12.3. The molecule has 0 N–H and O–H groups in total. The van der Waals surface area contributed by atoms with Crippen molar-refractivity contribution in [2.24, 2.45) is 0 Å². The Morgan fingerprint density at radius 2 is 2.00 bits per heavy atom. The van der Waals surface area contributed by atoms with E-state index in [2.05, 4.69) is 24.3 Å². The van der Waals surface area contributed by atoms with E-state index in [0.717, 1.165) is 18.8 Å². The standard InChI is InChI=1S/C14H17NOS2/c1-3-15(4-2)14(16)17-10-12-9-11-7-5-6-8-13(11)18-12/h5-9H,3-4,10H2,1-2H3. The molecule has 1 amide bonds. The molecule has 0 aliphatic heterocycles. The third-order valence-corrected chi connectivity index (χ3v) is 5.10. The molecule has 18 heavy (non-hydrogen) atoms. The molecule has 2 rings (SSSR count). The molecule has 0 fully saturated rings. The highest BCUT2D eigenvalue weighted by molar-refractivity contribution is 8.12. The average molecular weight is 279 g/mol. The number of fused-ring (bicyclic) bond motifs is 1. The largest absolute Gasteiger partial charge is 0.334 e. The molecular formula is C14H17NOS2. The van der Waals surface area contributed by atoms with Gasteiger partial charge in [0.15, 0.2) is 0 Å². The molecule has 2 aromatic rings. The van der Waals surface area contributed by atoms with Gasteiger partial charge in [0.2, 0.25) is 0 Å². The van der Waals surface area contributed by atoms with Gasteiger partial charge in [-0.15, -0.1) is 11.3 Å². The highest BCUT2D eigenvalue weighted by atomic mass is 32.2. The van der Waals surface area contributed by atoms with Crippen molar-refractivity contribution in [3.05, 3.63) is 35.2 Å². The number of carbonyl (C=O) groups excluding carboxylic acids is 1. The second kappa shape index (κ2) is 6.25. The van der Waals surface area contributed by atoms with Crippen molar-refractivity contribution in [3.63, 3.8) is 0 Å². The van der Waals surface area contributed by atoms with Crippen LogP contribution in [0.15, 0.2) is 30.3 Å². The number of thioether (sulfide) groups is 1. The third-order valence-electron chi connectivity index (χ3n) is 2.84. The van der Waals surface area contributed by atoms with Gasteiger partial charge in [-0.1, -0.05) is 30.0 Å². The normalized spacial score (nSPS) is 10.8. The average Bonchev–Trinajstić information content (AvgIpc) is 2.80. The Morgan fingerprint density at radius 1 is 1.28 bits per heavy atom. The van der Waals surface area contributed by atoms with E-state index in [1.807, 2.05) is 24.8 Å². The minimum atomic E-state index is 0.178. The van der Waals surface area contributed by atoms with Gasteiger partial charge in [0.05, 0.1) is 0 Å². The Kier molecular flexibility index (Phi) is 4.66. The van der Waals surface area contributed by atoms with E-state index in [-0.39, 0.29) is 5.24 Å². The van der Waals surface area contributed by atoms with Crippen LogP contribution in [0.2, 0.25) is 0 Å². The lowest BCUT2D eigenvalue weighted by Crippen LogP contribution is -2.26. The number of thiophene rings is 1. The summed E-state index contributed by atoms with van der Waals surface area (Å²) in [5, 5.41) is 1.45. The second-order valence-corrected chi connectivity index (χ2v) is 6.07. The van der Waals surface area contributed by atoms with Crippen LogP contribution in [-0.2, 0) is 5.75 Å². The fraction of sp³-hybridized carbons (Fsp3) is 0.357. The lowest BCUT2D eigenvalue weighted by Gasteiger charge is -2.17. The minimum absolute atomic E-state index is 0.178. The SMILES string of the molecule is CCN(CC)C(=O)SCc1cc2ccccc2s1. The maximum absolute atomic E-state index is 11.9. The van der Waals surface area contributed by atoms with E-state index >= 15 is 0 Å². The fourth-order valence-electron chi connectivity index (χ4n) is 1.81. The predicted molar refractivity (Wildman–Crippen MR) is 81.4 cm³/mol. The first-order chi connectivity index (χ1) is 8.74. The number of benzene rings is 1. The van der Waals surface area contributed by atoms with Crippen molar-refractivity contribution in [2.45, 2.75) is 19.6 Å². The highest BCUT2D eigenvalue weighted by Gasteiger charge is 2.11. The number of hydrogen-bond donors (Lipinski definition) is 0. The molecule has 0 radical (unpaired) electrons. The van der Waals surface area contributed by atoms with E-state index in [4.69, 9.17) is 0 Å². The molecule has 0 saturated carbocycles. The topological polar surface area (TPSA) is 20.3 Å². The monoisotopic (exact) mass is 279 g/mol. The molecule has 1 aromatic heterocycles. The Morgan fingerprint density at radius 3 is 2.67 bits per heavy atom. The predicted octanol–water partition coefficient (Wildman–Crippen LogP) is 4.60. The van der Waals surface area contributed by atoms with Crippen molar-refractivity contribution in [3.8, 4) is 0 Å². The van der Waals surface area contributed by atoms with Crippen LogP contribution in [0.1, 0.15) is 18.7 Å². The van der Waals surface area contributed by atoms with Gasteiger partial charge in [-0.3, -0.25) is 4.79 Å². The fourth-order valence-corrected chi connectivity index (χ4v) is 3.88. The summed E-state index contributed by atoms with van der Waals surface area (Å²) in [5.41, 5.74) is 0. The summed E-state index contributed by atoms with van der Waals surface area (Å²) >= 11 is 3.17. The van der Waals surface area contributed by atoms with Crippen LogP contribution >= 0.6 is 23.1 Å². The second-order valence-electron chi connectivity index (χ2n) is 3.98. The van der Waals surface area contributed by atoms with Crippen LogP contribution < -0.4 is 0 Å². The first-order valence-corrected chi connectivity index (χ1v) is 7.94. The summed E-state index contributed by atoms with van der Waals surface area (Å²) in [6.45, 7) is 5.60. The zero-order valence-electron chi connectivity index (χ0n) is 10.7. The molecular weight excluding hydrogens is 262 g/mol. The number of amides is 1. The first kappa shape index (κ1) is 13.4. The quantitative estimate of drug-likeness (QED) is 0.815. The molecule has 0 unspecified atom stereocenters. The molecule has 1 heterocycles. The molecule has 96 valence electrons. The summed E-state index contributed by atoms with van der Waals surface area (Å²) < 4.78 is 1.29. The number of nitrogens with zero attached hydrogens (tertiary/aromatic N) is 1. The molecule has 1 aromatic carbocycles. The molecule has 4 heteroatoms. The minimum Gasteiger partial charge on any atom is -0.334 e. The molecule has 2 nitrogen and oxygen atoms in total. The van der Waals surface area contributed by atoms with E-state index in [1.165, 1.54) is 26.7 Å². The van der Waals surface area contributed by atoms with E-state index < -0.39 is 0 Å². The van der Waals surface area contributed by atoms with Gasteiger partial charge in [0, 0.05) is 28.4 Å². The zero-order chi connectivity index (χ0) is 13.0. The Bertz CT molecular complexity index is 498. The summed E-state index contributed by atoms with van der Waals surface area (Å²) in [4.78, 5) is 15.0. The van der Waals surface area contributed by atoms with Crippen molar-refractivity contribution in [1.29, 1.82) is 0 Å². The summed E-state index contributed by atoms with van der Waals surface area (Å²) in [5.74, 6) is 0.773. The van der Waals surface area contributed by atoms with Crippen LogP contribution in [-0.4, -0.2) is 23.2 Å². The first-order valence-electron chi connectivity index (χ1n) is 6.13. The van der Waals surface area contributed by atoms with Crippen LogP contribution in [0.25, 0.3) is 10.1 Å². The van der Waals surface area contributed by atoms with Crippen molar-refractivity contribution in [1.82, 2.24) is 4.90 Å². The Labute approximate surface area is 116 Å². The maximum atomic E-state index is 11.9. The molecule has 0 aliphatic rings. The lowest BCUT2D eigenvalue weighted by atomic mass is 10.2. The van der Waals surface area contributed by atoms with Crippen molar-refractivity contribution < 1.29 is 4.79 Å². The molecule has 0 bridgehead atoms. The molecule has 0 saturated heterocycles. The summed E-state index contributed by atoms with van der Waals surface area (Å²) in [6, 6.07) is 10.5. The van der Waals surface area contributed by atoms with E-state index in [9.17, 15) is 4.79 Å². The number of carbonyl (C=O) groups is 1. The van der Waals surface area contributed by atoms with Gasteiger partial charge in [-0.25, -0.2) is 0 Å². The van der Waals surface area contributed by atoms with Crippen LogP contribution in [0.3, 0.4) is 0 Å². The summed E-state index contributed by atoms with van der Waals surface area (Å²) in [6.07, 6.45) is 0. The Hall–Kier alpha value is -1.00. The smallest absolute Gasteiger partial charge is 0.281 e. The van der Waals surface area contributed by atoms with Crippen LogP contribution in [0, 0.1) is 0 Å². The number of rotatable bonds is 4. The Balaban J connectivity index is 1.99. The third kappa shape index (κ3) is 3.06. The van der Waals surface area contributed by atoms with Crippen molar-refractivity contribution in [2.75, 3.05) is 13.1 Å². The van der Waals surface area contributed by atoms with E-state index in [1.54, 1.807) is 11.3 Å². The molecule has 0 atom stereocenters. The van der Waals surface area contributed by atoms with Gasteiger partial charge in [0.25, 0.3) is 5.24 Å². The van der Waals surface area contributed by atoms with E-state index in [0.29, 0.717) is 0 Å². The molecule has 0 aliphatic carbocycles. The van der Waals surface area contributed by atoms with Crippen LogP contribution in [0.4, 0.5) is 4.79 Å². The lowest BCUT2D eigenvalue weighted by molar-refractivity contribution is 0.228. The van der Waals surface area contributed by atoms with Gasteiger partial charge in [-0.05, 0) is 31.4 Å². The van der Waals surface area contributed by atoms with Crippen LogP contribution in [0.5, 0.6) is 0 Å². The molecule has 0 spiro atoms. The summed E-state index contributed by atoms with van der Waals surface area (Å²) in [7, 11) is 0.